The van der Waals surface area contributed by atoms with Crippen molar-refractivity contribution in [2.45, 2.75) is 25.5 Å². The Hall–Kier alpha value is -0.480. The SMILES string of the molecule is COc1cc(Cl)c(C(N)C2OCCC2C)cc1Cl. The van der Waals surface area contributed by atoms with Crippen LogP contribution in [-0.4, -0.2) is 19.8 Å². The Bertz CT molecular complexity index is 439. The van der Waals surface area contributed by atoms with Crippen LogP contribution in [0.25, 0.3) is 0 Å². The maximum atomic E-state index is 6.24. The first-order valence-corrected chi connectivity index (χ1v) is 6.70. The summed E-state index contributed by atoms with van der Waals surface area (Å²) in [5.74, 6) is 0.981. The van der Waals surface area contributed by atoms with E-state index in [0.29, 0.717) is 21.7 Å². The number of nitrogens with two attached hydrogens (primary N) is 1. The molecule has 3 unspecified atom stereocenters. The van der Waals surface area contributed by atoms with Gasteiger partial charge in [0.05, 0.1) is 24.3 Å². The van der Waals surface area contributed by atoms with Gasteiger partial charge in [0, 0.05) is 17.7 Å². The smallest absolute Gasteiger partial charge is 0.138 e. The predicted octanol–water partition coefficient (Wildman–Crippen LogP) is 3.43. The zero-order chi connectivity index (χ0) is 13.3. The van der Waals surface area contributed by atoms with Crippen LogP contribution in [0.15, 0.2) is 12.1 Å². The Kier molecular flexibility index (Phi) is 4.38. The third-order valence-electron chi connectivity index (χ3n) is 3.43. The van der Waals surface area contributed by atoms with Gasteiger partial charge in [0.15, 0.2) is 0 Å². The summed E-state index contributed by atoms with van der Waals surface area (Å²) in [4.78, 5) is 0. The van der Waals surface area contributed by atoms with E-state index in [0.717, 1.165) is 18.6 Å². The molecule has 1 aliphatic rings. The number of hydrogen-bond acceptors (Lipinski definition) is 3. The van der Waals surface area contributed by atoms with Gasteiger partial charge in [0.1, 0.15) is 5.75 Å². The number of hydrogen-bond donors (Lipinski definition) is 1. The molecule has 3 nitrogen and oxygen atoms in total. The third-order valence-corrected chi connectivity index (χ3v) is 4.05. The van der Waals surface area contributed by atoms with Crippen LogP contribution < -0.4 is 10.5 Å². The van der Waals surface area contributed by atoms with Crippen LogP contribution in [0.2, 0.25) is 10.0 Å². The molecule has 1 fully saturated rings. The molecule has 18 heavy (non-hydrogen) atoms. The van der Waals surface area contributed by atoms with Gasteiger partial charge in [-0.1, -0.05) is 30.1 Å². The van der Waals surface area contributed by atoms with Gasteiger partial charge in [-0.3, -0.25) is 0 Å². The molecule has 1 saturated heterocycles. The fraction of sp³-hybridized carbons (Fsp3) is 0.538. The van der Waals surface area contributed by atoms with Crippen LogP contribution in [0, 0.1) is 5.92 Å². The first-order chi connectivity index (χ1) is 8.54. The Morgan fingerprint density at radius 3 is 2.67 bits per heavy atom. The molecule has 2 rings (SSSR count). The van der Waals surface area contributed by atoms with Gasteiger partial charge in [-0.25, -0.2) is 0 Å². The number of methoxy groups -OCH3 is 1. The highest BCUT2D eigenvalue weighted by atomic mass is 35.5. The number of halogens is 2. The zero-order valence-electron chi connectivity index (χ0n) is 10.5. The van der Waals surface area contributed by atoms with E-state index < -0.39 is 0 Å². The molecule has 1 aromatic rings. The van der Waals surface area contributed by atoms with Crippen LogP contribution in [0.5, 0.6) is 5.75 Å². The molecule has 0 aromatic heterocycles. The molecule has 3 atom stereocenters. The summed E-state index contributed by atoms with van der Waals surface area (Å²) < 4.78 is 10.8. The average molecular weight is 290 g/mol. The standard InChI is InChI=1S/C13H17Cl2NO2/c1-7-3-4-18-13(7)12(16)8-5-10(15)11(17-2)6-9(8)14/h5-7,12-13H,3-4,16H2,1-2H3. The molecule has 0 saturated carbocycles. The minimum atomic E-state index is -0.265. The summed E-state index contributed by atoms with van der Waals surface area (Å²) in [5.41, 5.74) is 7.05. The highest BCUT2D eigenvalue weighted by Gasteiger charge is 2.32. The van der Waals surface area contributed by atoms with Crippen LogP contribution in [-0.2, 0) is 4.74 Å². The molecule has 1 aromatic carbocycles. The van der Waals surface area contributed by atoms with Crippen molar-refractivity contribution in [3.63, 3.8) is 0 Å². The molecule has 0 amide bonds. The maximum Gasteiger partial charge on any atom is 0.138 e. The van der Waals surface area contributed by atoms with Gasteiger partial charge < -0.3 is 15.2 Å². The van der Waals surface area contributed by atoms with Gasteiger partial charge in [-0.15, -0.1) is 0 Å². The molecule has 1 aliphatic heterocycles. The fourth-order valence-corrected chi connectivity index (χ4v) is 2.84. The quantitative estimate of drug-likeness (QED) is 0.927. The van der Waals surface area contributed by atoms with E-state index in [4.69, 9.17) is 38.4 Å². The van der Waals surface area contributed by atoms with E-state index in [1.807, 2.05) is 0 Å². The van der Waals surface area contributed by atoms with Crippen molar-refractivity contribution in [2.24, 2.45) is 11.7 Å². The van der Waals surface area contributed by atoms with Crippen LogP contribution >= 0.6 is 23.2 Å². The molecule has 100 valence electrons. The minimum absolute atomic E-state index is 0.00744. The molecule has 0 spiro atoms. The molecule has 0 radical (unpaired) electrons. The van der Waals surface area contributed by atoms with E-state index in [2.05, 4.69) is 6.92 Å². The average Bonchev–Trinajstić information content (AvgIpc) is 2.77. The van der Waals surface area contributed by atoms with Crippen molar-refractivity contribution in [1.82, 2.24) is 0 Å². The van der Waals surface area contributed by atoms with E-state index in [1.165, 1.54) is 0 Å². The number of benzene rings is 1. The van der Waals surface area contributed by atoms with Crippen molar-refractivity contribution in [2.75, 3.05) is 13.7 Å². The topological polar surface area (TPSA) is 44.5 Å². The summed E-state index contributed by atoms with van der Waals surface area (Å²) in [6.07, 6.45) is 1.02. The largest absolute Gasteiger partial charge is 0.495 e. The van der Waals surface area contributed by atoms with Gasteiger partial charge in [0.25, 0.3) is 0 Å². The fourth-order valence-electron chi connectivity index (χ4n) is 2.31. The van der Waals surface area contributed by atoms with E-state index in [-0.39, 0.29) is 12.1 Å². The first kappa shape index (κ1) is 13.9. The predicted molar refractivity (Wildman–Crippen MR) is 73.5 cm³/mol. The van der Waals surface area contributed by atoms with E-state index in [1.54, 1.807) is 19.2 Å². The van der Waals surface area contributed by atoms with Gasteiger partial charge >= 0.3 is 0 Å². The van der Waals surface area contributed by atoms with Gasteiger partial charge in [-0.05, 0) is 24.0 Å². The lowest BCUT2D eigenvalue weighted by Crippen LogP contribution is -2.30. The van der Waals surface area contributed by atoms with E-state index in [9.17, 15) is 0 Å². The molecule has 5 heteroatoms. The van der Waals surface area contributed by atoms with E-state index >= 15 is 0 Å². The van der Waals surface area contributed by atoms with Crippen molar-refractivity contribution >= 4 is 23.2 Å². The molecular weight excluding hydrogens is 273 g/mol. The Morgan fingerprint density at radius 2 is 2.11 bits per heavy atom. The van der Waals surface area contributed by atoms with Crippen molar-refractivity contribution in [3.8, 4) is 5.75 Å². The monoisotopic (exact) mass is 289 g/mol. The normalized spacial score (nSPS) is 25.2. The van der Waals surface area contributed by atoms with Gasteiger partial charge in [-0.2, -0.15) is 0 Å². The highest BCUT2D eigenvalue weighted by Crippen LogP contribution is 2.37. The van der Waals surface area contributed by atoms with Crippen LogP contribution in [0.3, 0.4) is 0 Å². The zero-order valence-corrected chi connectivity index (χ0v) is 12.0. The van der Waals surface area contributed by atoms with Gasteiger partial charge in [0.2, 0.25) is 0 Å². The molecule has 0 bridgehead atoms. The summed E-state index contributed by atoms with van der Waals surface area (Å²) in [5, 5.41) is 1.07. The lowest BCUT2D eigenvalue weighted by Gasteiger charge is -2.24. The third kappa shape index (κ3) is 2.59. The van der Waals surface area contributed by atoms with Crippen molar-refractivity contribution in [1.29, 1.82) is 0 Å². The summed E-state index contributed by atoms with van der Waals surface area (Å²) >= 11 is 12.3. The maximum absolute atomic E-state index is 6.24. The minimum Gasteiger partial charge on any atom is -0.495 e. The molecule has 2 N–H and O–H groups in total. The Balaban J connectivity index is 2.30. The first-order valence-electron chi connectivity index (χ1n) is 5.94. The van der Waals surface area contributed by atoms with Crippen LogP contribution in [0.4, 0.5) is 0 Å². The van der Waals surface area contributed by atoms with Crippen molar-refractivity contribution < 1.29 is 9.47 Å². The second kappa shape index (κ2) is 5.66. The van der Waals surface area contributed by atoms with Crippen molar-refractivity contribution in [3.05, 3.63) is 27.7 Å². The lowest BCUT2D eigenvalue weighted by molar-refractivity contribution is 0.0725. The summed E-state index contributed by atoms with van der Waals surface area (Å²) in [6, 6.07) is 3.19. The highest BCUT2D eigenvalue weighted by molar-refractivity contribution is 6.34. The number of rotatable bonds is 3. The second-order valence-electron chi connectivity index (χ2n) is 4.64. The molecule has 1 heterocycles. The Morgan fingerprint density at radius 1 is 1.39 bits per heavy atom. The Labute approximate surface area is 117 Å². The lowest BCUT2D eigenvalue weighted by atomic mass is 9.93. The summed E-state index contributed by atoms with van der Waals surface area (Å²) in [7, 11) is 1.55. The second-order valence-corrected chi connectivity index (χ2v) is 5.45. The van der Waals surface area contributed by atoms with Crippen LogP contribution in [0.1, 0.15) is 24.9 Å². The molecule has 0 aliphatic carbocycles. The number of ether oxygens (including phenoxy) is 2. The molecular formula is C13H17Cl2NO2. The summed E-state index contributed by atoms with van der Waals surface area (Å²) in [6.45, 7) is 2.89.